The normalized spacial score (nSPS) is 12.3. The maximum Gasteiger partial charge on any atom is 0.211 e. The molecule has 1 N–H and O–H groups in total. The van der Waals surface area contributed by atoms with Gasteiger partial charge in [-0.15, -0.1) is 0 Å². The van der Waals surface area contributed by atoms with Gasteiger partial charge in [0.25, 0.3) is 0 Å². The van der Waals surface area contributed by atoms with E-state index in [1.807, 2.05) is 11.6 Å². The van der Waals surface area contributed by atoms with Crippen molar-refractivity contribution in [1.29, 1.82) is 0 Å². The zero-order valence-electron chi connectivity index (χ0n) is 18.0. The molecule has 0 saturated carbocycles. The van der Waals surface area contributed by atoms with E-state index in [0.717, 1.165) is 29.1 Å². The first-order chi connectivity index (χ1) is 14.5. The van der Waals surface area contributed by atoms with Crippen LogP contribution in [0.4, 0.5) is 0 Å². The van der Waals surface area contributed by atoms with Crippen LogP contribution in [0.1, 0.15) is 46.9 Å². The average molecular weight is 401 g/mol. The zero-order valence-corrected chi connectivity index (χ0v) is 18.0. The molecule has 0 spiro atoms. The second-order valence-corrected chi connectivity index (χ2v) is 7.96. The SMILES string of the molecule is Cc1ccc(Cn2cc(CN[C@H](C)c3ncc(C)o3)c(-c3ccc(C)cc3)n2)cc1. The van der Waals surface area contributed by atoms with Gasteiger partial charge in [0.1, 0.15) is 5.76 Å². The number of nitrogens with one attached hydrogen (secondary N) is 1. The third-order valence-electron chi connectivity index (χ3n) is 5.24. The van der Waals surface area contributed by atoms with E-state index in [4.69, 9.17) is 9.52 Å². The molecule has 4 aromatic rings. The quantitative estimate of drug-likeness (QED) is 0.454. The predicted octanol–water partition coefficient (Wildman–Crippen LogP) is 5.36. The van der Waals surface area contributed by atoms with Crippen LogP contribution in [-0.4, -0.2) is 14.8 Å². The summed E-state index contributed by atoms with van der Waals surface area (Å²) in [5, 5.41) is 8.45. The molecular weight excluding hydrogens is 372 g/mol. The summed E-state index contributed by atoms with van der Waals surface area (Å²) in [7, 11) is 0. The summed E-state index contributed by atoms with van der Waals surface area (Å²) in [4.78, 5) is 4.34. The molecule has 0 amide bonds. The lowest BCUT2D eigenvalue weighted by Gasteiger charge is -2.10. The van der Waals surface area contributed by atoms with Crippen LogP contribution in [-0.2, 0) is 13.1 Å². The van der Waals surface area contributed by atoms with E-state index in [1.54, 1.807) is 6.20 Å². The topological polar surface area (TPSA) is 55.9 Å². The maximum atomic E-state index is 5.66. The third-order valence-corrected chi connectivity index (χ3v) is 5.24. The number of aromatic nitrogens is 3. The highest BCUT2D eigenvalue weighted by molar-refractivity contribution is 5.63. The van der Waals surface area contributed by atoms with Crippen molar-refractivity contribution in [3.05, 3.63) is 94.8 Å². The maximum absolute atomic E-state index is 5.66. The number of nitrogens with zero attached hydrogens (tertiary/aromatic N) is 3. The Morgan fingerprint density at radius 2 is 1.63 bits per heavy atom. The first-order valence-electron chi connectivity index (χ1n) is 10.3. The molecule has 0 radical (unpaired) electrons. The zero-order chi connectivity index (χ0) is 21.1. The highest BCUT2D eigenvalue weighted by Crippen LogP contribution is 2.24. The largest absolute Gasteiger partial charge is 0.444 e. The molecule has 0 aliphatic rings. The first-order valence-corrected chi connectivity index (χ1v) is 10.3. The Hall–Kier alpha value is -3.18. The van der Waals surface area contributed by atoms with Crippen molar-refractivity contribution in [1.82, 2.24) is 20.1 Å². The molecule has 154 valence electrons. The van der Waals surface area contributed by atoms with Gasteiger partial charge >= 0.3 is 0 Å². The summed E-state index contributed by atoms with van der Waals surface area (Å²) in [5.74, 6) is 1.53. The van der Waals surface area contributed by atoms with E-state index in [-0.39, 0.29) is 6.04 Å². The molecule has 4 rings (SSSR count). The number of aryl methyl sites for hydroxylation is 3. The lowest BCUT2D eigenvalue weighted by molar-refractivity contribution is 0.402. The molecule has 0 unspecified atom stereocenters. The van der Waals surface area contributed by atoms with E-state index in [1.165, 1.54) is 16.7 Å². The molecule has 30 heavy (non-hydrogen) atoms. The highest BCUT2D eigenvalue weighted by atomic mass is 16.4. The standard InChI is InChI=1S/C25H28N4O/c1-17-5-9-21(10-6-17)15-29-16-23(14-26-20(4)25-27-13-19(3)30-25)24(28-29)22-11-7-18(2)8-12-22/h5-13,16,20,26H,14-15H2,1-4H3/t20-/m1/s1. The highest BCUT2D eigenvalue weighted by Gasteiger charge is 2.15. The number of rotatable bonds is 7. The fourth-order valence-corrected chi connectivity index (χ4v) is 3.43. The molecule has 0 bridgehead atoms. The summed E-state index contributed by atoms with van der Waals surface area (Å²) in [6.07, 6.45) is 3.89. The van der Waals surface area contributed by atoms with Crippen molar-refractivity contribution in [3.63, 3.8) is 0 Å². The van der Waals surface area contributed by atoms with Gasteiger partial charge in [-0.3, -0.25) is 4.68 Å². The van der Waals surface area contributed by atoms with Crippen molar-refractivity contribution < 1.29 is 4.42 Å². The van der Waals surface area contributed by atoms with Gasteiger partial charge in [0.2, 0.25) is 5.89 Å². The molecule has 5 heteroatoms. The monoisotopic (exact) mass is 400 g/mol. The van der Waals surface area contributed by atoms with Crippen molar-refractivity contribution in [3.8, 4) is 11.3 Å². The minimum absolute atomic E-state index is 0.0185. The second kappa shape index (κ2) is 8.67. The number of hydrogen-bond donors (Lipinski definition) is 1. The van der Waals surface area contributed by atoms with Gasteiger partial charge in [-0.25, -0.2) is 4.98 Å². The van der Waals surface area contributed by atoms with E-state index in [9.17, 15) is 0 Å². The molecule has 0 aliphatic carbocycles. The minimum Gasteiger partial charge on any atom is -0.444 e. The first kappa shape index (κ1) is 20.1. The fraction of sp³-hybridized carbons (Fsp3) is 0.280. The van der Waals surface area contributed by atoms with Crippen molar-refractivity contribution in [2.75, 3.05) is 0 Å². The smallest absolute Gasteiger partial charge is 0.211 e. The van der Waals surface area contributed by atoms with Gasteiger partial charge in [0, 0.05) is 23.9 Å². The minimum atomic E-state index is 0.0185. The number of benzene rings is 2. The summed E-state index contributed by atoms with van der Waals surface area (Å²) < 4.78 is 7.69. The Labute approximate surface area is 177 Å². The van der Waals surface area contributed by atoms with E-state index >= 15 is 0 Å². The third kappa shape index (κ3) is 4.69. The lowest BCUT2D eigenvalue weighted by atomic mass is 10.1. The summed E-state index contributed by atoms with van der Waals surface area (Å²) in [6.45, 7) is 9.60. The van der Waals surface area contributed by atoms with Crippen LogP contribution in [0.2, 0.25) is 0 Å². The Morgan fingerprint density at radius 3 is 2.27 bits per heavy atom. The van der Waals surface area contributed by atoms with Crippen LogP contribution in [0.25, 0.3) is 11.3 Å². The van der Waals surface area contributed by atoms with Crippen LogP contribution in [0.5, 0.6) is 0 Å². The fourth-order valence-electron chi connectivity index (χ4n) is 3.43. The van der Waals surface area contributed by atoms with Gasteiger partial charge < -0.3 is 9.73 Å². The van der Waals surface area contributed by atoms with Crippen LogP contribution in [0, 0.1) is 20.8 Å². The molecule has 2 aromatic carbocycles. The van der Waals surface area contributed by atoms with Gasteiger partial charge in [0.15, 0.2) is 0 Å². The number of oxazole rings is 1. The lowest BCUT2D eigenvalue weighted by Crippen LogP contribution is -2.18. The van der Waals surface area contributed by atoms with Crippen LogP contribution in [0.3, 0.4) is 0 Å². The van der Waals surface area contributed by atoms with Crippen LogP contribution >= 0.6 is 0 Å². The van der Waals surface area contributed by atoms with Crippen molar-refractivity contribution in [2.45, 2.75) is 46.8 Å². The van der Waals surface area contributed by atoms with Gasteiger partial charge in [-0.1, -0.05) is 59.7 Å². The molecule has 2 heterocycles. The van der Waals surface area contributed by atoms with Crippen LogP contribution < -0.4 is 5.32 Å². The molecule has 0 saturated heterocycles. The molecule has 1 atom stereocenters. The molecule has 0 fully saturated rings. The molecule has 2 aromatic heterocycles. The van der Waals surface area contributed by atoms with E-state index in [2.05, 4.69) is 85.8 Å². The second-order valence-electron chi connectivity index (χ2n) is 7.96. The summed E-state index contributed by atoms with van der Waals surface area (Å²) in [6, 6.07) is 17.2. The van der Waals surface area contributed by atoms with Gasteiger partial charge in [-0.2, -0.15) is 5.10 Å². The van der Waals surface area contributed by atoms with E-state index in [0.29, 0.717) is 12.4 Å². The Kier molecular flexibility index (Phi) is 5.81. The van der Waals surface area contributed by atoms with Crippen LogP contribution in [0.15, 0.2) is 65.3 Å². The number of hydrogen-bond acceptors (Lipinski definition) is 4. The van der Waals surface area contributed by atoms with Gasteiger partial charge in [-0.05, 0) is 33.3 Å². The predicted molar refractivity (Wildman–Crippen MR) is 119 cm³/mol. The molecular formula is C25H28N4O. The summed E-state index contributed by atoms with van der Waals surface area (Å²) in [5.41, 5.74) is 7.03. The van der Waals surface area contributed by atoms with Crippen molar-refractivity contribution >= 4 is 0 Å². The Balaban J connectivity index is 1.58. The van der Waals surface area contributed by atoms with E-state index < -0.39 is 0 Å². The van der Waals surface area contributed by atoms with Gasteiger partial charge in [0.05, 0.1) is 24.5 Å². The summed E-state index contributed by atoms with van der Waals surface area (Å²) >= 11 is 0. The van der Waals surface area contributed by atoms with Crippen molar-refractivity contribution in [2.24, 2.45) is 0 Å². The average Bonchev–Trinajstić information content (AvgIpc) is 3.35. The Morgan fingerprint density at radius 1 is 0.967 bits per heavy atom. The Bertz CT molecular complexity index is 1110. The molecule has 5 nitrogen and oxygen atoms in total. The molecule has 0 aliphatic heterocycles.